The Bertz CT molecular complexity index is 572. The predicted octanol–water partition coefficient (Wildman–Crippen LogP) is -0.898. The molecule has 10 nitrogen and oxygen atoms in total. The third-order valence-corrected chi connectivity index (χ3v) is 2.96. The van der Waals surface area contributed by atoms with Gasteiger partial charge in [-0.1, -0.05) is 0 Å². The maximum atomic E-state index is 10.9. The molecule has 1 aromatic heterocycles. The van der Waals surface area contributed by atoms with Crippen molar-refractivity contribution in [3.8, 4) is 11.5 Å². The van der Waals surface area contributed by atoms with Crippen molar-refractivity contribution < 1.29 is 39.0 Å². The monoisotopic (exact) mass is 322 g/mol. The van der Waals surface area contributed by atoms with Gasteiger partial charge < -0.3 is 19.8 Å². The van der Waals surface area contributed by atoms with Crippen LogP contribution in [0.4, 0.5) is 0 Å². The fourth-order valence-electron chi connectivity index (χ4n) is 1.46. The van der Waals surface area contributed by atoms with Crippen molar-refractivity contribution in [2.24, 2.45) is 0 Å². The number of aromatic hydroxyl groups is 1. The van der Waals surface area contributed by atoms with E-state index in [2.05, 4.69) is 14.8 Å². The lowest BCUT2D eigenvalue weighted by Gasteiger charge is -2.16. The number of aliphatic hydroxyl groups is 1. The fourth-order valence-corrected chi connectivity index (χ4v) is 1.88. The molecule has 6 N–H and O–H groups in total. The van der Waals surface area contributed by atoms with Crippen molar-refractivity contribution in [3.05, 3.63) is 17.5 Å². The van der Waals surface area contributed by atoms with Crippen molar-refractivity contribution in [1.29, 1.82) is 0 Å². The van der Waals surface area contributed by atoms with Crippen LogP contribution in [0.1, 0.15) is 11.3 Å². The zero-order chi connectivity index (χ0) is 16.2. The first kappa shape index (κ1) is 17.3. The fraction of sp³-hybridized carbons (Fsp3) is 0.400. The summed E-state index contributed by atoms with van der Waals surface area (Å²) in [5.41, 5.74) is 0.0891. The van der Waals surface area contributed by atoms with Crippen LogP contribution in [0.2, 0.25) is 0 Å². The van der Waals surface area contributed by atoms with Crippen LogP contribution in [0.3, 0.4) is 0 Å². The van der Waals surface area contributed by atoms with Crippen LogP contribution in [-0.2, 0) is 15.9 Å². The SMILES string of the molecule is Cc1ncc(OP(=O)(O)O)c(CN[C@@H](CO)C(=O)O)c1O. The van der Waals surface area contributed by atoms with Gasteiger partial charge in [0.05, 0.1) is 24.1 Å². The normalized spacial score (nSPS) is 13.0. The second-order valence-corrected chi connectivity index (χ2v) is 5.23. The molecule has 0 amide bonds. The summed E-state index contributed by atoms with van der Waals surface area (Å²) in [5.74, 6) is -2.10. The van der Waals surface area contributed by atoms with Crippen LogP contribution >= 0.6 is 7.82 Å². The van der Waals surface area contributed by atoms with Gasteiger partial charge in [-0.25, -0.2) is 4.57 Å². The largest absolute Gasteiger partial charge is 0.524 e. The zero-order valence-corrected chi connectivity index (χ0v) is 11.8. The predicted molar refractivity (Wildman–Crippen MR) is 68.7 cm³/mol. The number of aryl methyl sites for hydroxylation is 1. The van der Waals surface area contributed by atoms with Crippen molar-refractivity contribution in [2.45, 2.75) is 19.5 Å². The van der Waals surface area contributed by atoms with Crippen LogP contribution in [0.15, 0.2) is 6.20 Å². The van der Waals surface area contributed by atoms with E-state index < -0.39 is 32.2 Å². The number of aliphatic carboxylic acids is 1. The summed E-state index contributed by atoms with van der Waals surface area (Å²) in [6, 6.07) is -1.30. The number of carbonyl (C=O) groups is 1. The van der Waals surface area contributed by atoms with Gasteiger partial charge in [-0.05, 0) is 6.92 Å². The van der Waals surface area contributed by atoms with E-state index in [1.807, 2.05) is 0 Å². The van der Waals surface area contributed by atoms with E-state index in [1.54, 1.807) is 0 Å². The van der Waals surface area contributed by atoms with E-state index in [0.29, 0.717) is 0 Å². The van der Waals surface area contributed by atoms with E-state index in [4.69, 9.17) is 20.0 Å². The Morgan fingerprint density at radius 1 is 1.52 bits per heavy atom. The highest BCUT2D eigenvalue weighted by atomic mass is 31.2. The molecule has 0 spiro atoms. The minimum absolute atomic E-state index is 0.0782. The van der Waals surface area contributed by atoms with Crippen LogP contribution in [0.25, 0.3) is 0 Å². The highest BCUT2D eigenvalue weighted by molar-refractivity contribution is 7.46. The molecule has 1 heterocycles. The molecule has 118 valence electrons. The van der Waals surface area contributed by atoms with Crippen molar-refractivity contribution in [3.63, 3.8) is 0 Å². The Balaban J connectivity index is 3.05. The summed E-state index contributed by atoms with van der Waals surface area (Å²) in [7, 11) is -4.87. The molecule has 1 aromatic rings. The second kappa shape index (κ2) is 6.83. The van der Waals surface area contributed by atoms with Gasteiger partial charge in [0.2, 0.25) is 0 Å². The number of aliphatic hydroxyl groups excluding tert-OH is 1. The Hall–Kier alpha value is -1.71. The number of carboxylic acid groups (broad SMARTS) is 1. The van der Waals surface area contributed by atoms with Crippen LogP contribution in [0.5, 0.6) is 11.5 Å². The maximum absolute atomic E-state index is 10.9. The molecule has 0 aliphatic carbocycles. The van der Waals surface area contributed by atoms with Gasteiger partial charge in [-0.2, -0.15) is 0 Å². The van der Waals surface area contributed by atoms with Crippen molar-refractivity contribution in [1.82, 2.24) is 10.3 Å². The summed E-state index contributed by atoms with van der Waals surface area (Å²) >= 11 is 0. The molecule has 11 heteroatoms. The molecule has 0 aliphatic heterocycles. The van der Waals surface area contributed by atoms with Crippen LogP contribution in [-0.4, -0.2) is 48.7 Å². The molecule has 0 radical (unpaired) electrons. The second-order valence-electron chi connectivity index (χ2n) is 4.07. The van der Waals surface area contributed by atoms with Gasteiger partial charge in [0.25, 0.3) is 0 Å². The highest BCUT2D eigenvalue weighted by Crippen LogP contribution is 2.41. The number of phosphoric acid groups is 1. The van der Waals surface area contributed by atoms with Gasteiger partial charge in [0, 0.05) is 6.54 Å². The molecule has 0 saturated heterocycles. The van der Waals surface area contributed by atoms with E-state index >= 15 is 0 Å². The Morgan fingerprint density at radius 3 is 2.62 bits per heavy atom. The lowest BCUT2D eigenvalue weighted by Crippen LogP contribution is -2.39. The van der Waals surface area contributed by atoms with Crippen molar-refractivity contribution >= 4 is 13.8 Å². The standard InChI is InChI=1S/C10H15N2O8P/c1-5-9(14)6(2-12-7(4-13)10(15)16)8(3-11-5)20-21(17,18)19/h3,7,12-14H,2,4H2,1H3,(H,15,16)(H2,17,18,19)/t7-/m0/s1. The van der Waals surface area contributed by atoms with Gasteiger partial charge in [0.15, 0.2) is 5.75 Å². The van der Waals surface area contributed by atoms with Crippen molar-refractivity contribution in [2.75, 3.05) is 6.61 Å². The lowest BCUT2D eigenvalue weighted by atomic mass is 10.1. The molecule has 0 bridgehead atoms. The molecule has 0 fully saturated rings. The number of aromatic nitrogens is 1. The number of carboxylic acids is 1. The number of phosphoric ester groups is 1. The molecular formula is C10H15N2O8P. The third kappa shape index (κ3) is 4.96. The van der Waals surface area contributed by atoms with Gasteiger partial charge in [0.1, 0.15) is 11.8 Å². The van der Waals surface area contributed by atoms with Crippen LogP contribution in [0, 0.1) is 6.92 Å². The maximum Gasteiger partial charge on any atom is 0.524 e. The summed E-state index contributed by atoms with van der Waals surface area (Å²) in [4.78, 5) is 32.0. The first-order valence-corrected chi connectivity index (χ1v) is 7.18. The topological polar surface area (TPSA) is 169 Å². The summed E-state index contributed by atoms with van der Waals surface area (Å²) < 4.78 is 15.2. The number of hydrogen-bond donors (Lipinski definition) is 6. The Morgan fingerprint density at radius 2 is 2.14 bits per heavy atom. The van der Waals surface area contributed by atoms with Gasteiger partial charge in [-0.3, -0.25) is 24.9 Å². The number of nitrogens with one attached hydrogen (secondary N) is 1. The molecule has 0 aliphatic rings. The third-order valence-electron chi connectivity index (χ3n) is 2.52. The average molecular weight is 322 g/mol. The number of nitrogens with zero attached hydrogens (tertiary/aromatic N) is 1. The number of pyridine rings is 1. The first-order valence-electron chi connectivity index (χ1n) is 5.65. The summed E-state index contributed by atoms with van der Waals surface area (Å²) in [6.45, 7) is 0.442. The number of rotatable bonds is 7. The average Bonchev–Trinajstić information content (AvgIpc) is 2.35. The Labute approximate surface area is 119 Å². The zero-order valence-electron chi connectivity index (χ0n) is 10.9. The van der Waals surface area contributed by atoms with E-state index in [-0.39, 0.29) is 23.6 Å². The van der Waals surface area contributed by atoms with Gasteiger partial charge >= 0.3 is 13.8 Å². The minimum atomic E-state index is -4.87. The molecule has 0 unspecified atom stereocenters. The summed E-state index contributed by atoms with van der Waals surface area (Å²) in [5, 5.41) is 29.9. The Kier molecular flexibility index (Phi) is 5.64. The van der Waals surface area contributed by atoms with E-state index in [0.717, 1.165) is 6.20 Å². The van der Waals surface area contributed by atoms with E-state index in [9.17, 15) is 14.5 Å². The molecule has 1 atom stereocenters. The molecule has 0 saturated carbocycles. The summed E-state index contributed by atoms with van der Waals surface area (Å²) in [6.07, 6.45) is 1.000. The highest BCUT2D eigenvalue weighted by Gasteiger charge is 2.23. The smallest absolute Gasteiger partial charge is 0.506 e. The molecular weight excluding hydrogens is 307 g/mol. The van der Waals surface area contributed by atoms with Crippen LogP contribution < -0.4 is 9.84 Å². The lowest BCUT2D eigenvalue weighted by molar-refractivity contribution is -0.140. The molecule has 21 heavy (non-hydrogen) atoms. The van der Waals surface area contributed by atoms with E-state index in [1.165, 1.54) is 6.92 Å². The number of hydrogen-bond acceptors (Lipinski definition) is 7. The molecule has 1 rings (SSSR count). The molecule has 0 aromatic carbocycles. The van der Waals surface area contributed by atoms with Gasteiger partial charge in [-0.15, -0.1) is 0 Å². The minimum Gasteiger partial charge on any atom is -0.506 e. The quantitative estimate of drug-likeness (QED) is 0.346. The first-order chi connectivity index (χ1) is 9.65.